The predicted molar refractivity (Wildman–Crippen MR) is 75.1 cm³/mol. The minimum absolute atomic E-state index is 0.0292. The molecule has 0 radical (unpaired) electrons. The zero-order valence-corrected chi connectivity index (χ0v) is 12.3. The first-order chi connectivity index (χ1) is 9.36. The standard InChI is InChI=1S/C14H20N4O2/c1-8(2)18-7-11(6-12(18)19)13(20)17-14-15-9(3)5-10(4)16-14/h5,8,11H,6-7H2,1-4H3,(H,15,16,17,20)/t11-/m0/s1. The molecule has 6 nitrogen and oxygen atoms in total. The zero-order valence-electron chi connectivity index (χ0n) is 12.3. The van der Waals surface area contributed by atoms with Crippen molar-refractivity contribution in [3.05, 3.63) is 17.5 Å². The van der Waals surface area contributed by atoms with Crippen LogP contribution in [0.1, 0.15) is 31.7 Å². The number of aromatic nitrogens is 2. The molecule has 2 heterocycles. The summed E-state index contributed by atoms with van der Waals surface area (Å²) in [6.07, 6.45) is 0.259. The molecule has 2 rings (SSSR count). The van der Waals surface area contributed by atoms with E-state index in [0.717, 1.165) is 11.4 Å². The highest BCUT2D eigenvalue weighted by molar-refractivity contribution is 5.96. The average molecular weight is 276 g/mol. The summed E-state index contributed by atoms with van der Waals surface area (Å²) >= 11 is 0. The summed E-state index contributed by atoms with van der Waals surface area (Å²) in [6.45, 7) is 8.07. The van der Waals surface area contributed by atoms with Gasteiger partial charge in [0.2, 0.25) is 17.8 Å². The second-order valence-corrected chi connectivity index (χ2v) is 5.50. The van der Waals surface area contributed by atoms with Crippen molar-refractivity contribution in [2.24, 2.45) is 5.92 Å². The van der Waals surface area contributed by atoms with Gasteiger partial charge in [0.25, 0.3) is 0 Å². The van der Waals surface area contributed by atoms with Crippen molar-refractivity contribution < 1.29 is 9.59 Å². The van der Waals surface area contributed by atoms with Gasteiger partial charge in [0, 0.05) is 30.4 Å². The van der Waals surface area contributed by atoms with E-state index in [4.69, 9.17) is 0 Å². The van der Waals surface area contributed by atoms with Gasteiger partial charge in [0.15, 0.2) is 0 Å². The fourth-order valence-corrected chi connectivity index (χ4v) is 2.40. The fourth-order valence-electron chi connectivity index (χ4n) is 2.40. The van der Waals surface area contributed by atoms with Crippen molar-refractivity contribution in [3.8, 4) is 0 Å². The van der Waals surface area contributed by atoms with Crippen molar-refractivity contribution in [1.82, 2.24) is 14.9 Å². The second kappa shape index (κ2) is 5.56. The van der Waals surface area contributed by atoms with E-state index in [1.807, 2.05) is 33.8 Å². The summed E-state index contributed by atoms with van der Waals surface area (Å²) in [5, 5.41) is 2.71. The van der Waals surface area contributed by atoms with Crippen LogP contribution >= 0.6 is 0 Å². The summed E-state index contributed by atoms with van der Waals surface area (Å²) in [5.74, 6) is -0.176. The highest BCUT2D eigenvalue weighted by atomic mass is 16.2. The molecule has 0 saturated carbocycles. The molecule has 0 aromatic carbocycles. The summed E-state index contributed by atoms with van der Waals surface area (Å²) in [7, 11) is 0. The monoisotopic (exact) mass is 276 g/mol. The van der Waals surface area contributed by atoms with Gasteiger partial charge < -0.3 is 4.90 Å². The lowest BCUT2D eigenvalue weighted by atomic mass is 10.1. The van der Waals surface area contributed by atoms with Crippen LogP contribution in [0.15, 0.2) is 6.07 Å². The van der Waals surface area contributed by atoms with Crippen molar-refractivity contribution in [3.63, 3.8) is 0 Å². The summed E-state index contributed by atoms with van der Waals surface area (Å²) in [4.78, 5) is 34.1. The summed E-state index contributed by atoms with van der Waals surface area (Å²) < 4.78 is 0. The van der Waals surface area contributed by atoms with Gasteiger partial charge in [-0.15, -0.1) is 0 Å². The number of amides is 2. The molecule has 0 bridgehead atoms. The SMILES string of the molecule is Cc1cc(C)nc(NC(=O)[C@H]2CC(=O)N(C(C)C)C2)n1. The zero-order chi connectivity index (χ0) is 14.9. The molecule has 0 aliphatic carbocycles. The Labute approximate surface area is 118 Å². The van der Waals surface area contributed by atoms with Gasteiger partial charge in [0.1, 0.15) is 0 Å². The largest absolute Gasteiger partial charge is 0.339 e. The van der Waals surface area contributed by atoms with Crippen LogP contribution in [0.3, 0.4) is 0 Å². The third-order valence-corrected chi connectivity index (χ3v) is 3.37. The molecule has 6 heteroatoms. The van der Waals surface area contributed by atoms with E-state index < -0.39 is 0 Å². The van der Waals surface area contributed by atoms with E-state index in [1.54, 1.807) is 4.90 Å². The highest BCUT2D eigenvalue weighted by Gasteiger charge is 2.35. The Morgan fingerprint density at radius 1 is 1.35 bits per heavy atom. The molecule has 20 heavy (non-hydrogen) atoms. The number of nitrogens with one attached hydrogen (secondary N) is 1. The third kappa shape index (κ3) is 3.12. The number of nitrogens with zero attached hydrogens (tertiary/aromatic N) is 3. The maximum absolute atomic E-state index is 12.2. The van der Waals surface area contributed by atoms with Crippen molar-refractivity contribution in [2.45, 2.75) is 40.2 Å². The van der Waals surface area contributed by atoms with Crippen LogP contribution in [-0.2, 0) is 9.59 Å². The smallest absolute Gasteiger partial charge is 0.232 e. The van der Waals surface area contributed by atoms with Gasteiger partial charge in [-0.2, -0.15) is 0 Å². The molecule has 1 saturated heterocycles. The van der Waals surface area contributed by atoms with Gasteiger partial charge >= 0.3 is 0 Å². The maximum atomic E-state index is 12.2. The van der Waals surface area contributed by atoms with E-state index >= 15 is 0 Å². The molecule has 1 fully saturated rings. The van der Waals surface area contributed by atoms with E-state index in [-0.39, 0.29) is 30.2 Å². The van der Waals surface area contributed by atoms with Gasteiger partial charge in [-0.1, -0.05) is 0 Å². The lowest BCUT2D eigenvalue weighted by Crippen LogP contribution is -2.33. The molecule has 1 N–H and O–H groups in total. The van der Waals surface area contributed by atoms with Gasteiger partial charge in [-0.3, -0.25) is 14.9 Å². The number of aryl methyl sites for hydroxylation is 2. The topological polar surface area (TPSA) is 75.2 Å². The van der Waals surface area contributed by atoms with Gasteiger partial charge in [0.05, 0.1) is 5.92 Å². The average Bonchev–Trinajstić information content (AvgIpc) is 2.70. The second-order valence-electron chi connectivity index (χ2n) is 5.50. The number of rotatable bonds is 3. The van der Waals surface area contributed by atoms with Crippen molar-refractivity contribution >= 4 is 17.8 Å². The van der Waals surface area contributed by atoms with Gasteiger partial charge in [-0.05, 0) is 33.8 Å². The molecule has 1 aromatic heterocycles. The van der Waals surface area contributed by atoms with Crippen LogP contribution in [-0.4, -0.2) is 39.3 Å². The summed E-state index contributed by atoms with van der Waals surface area (Å²) in [6, 6.07) is 1.97. The molecule has 2 amide bonds. The number of carbonyl (C=O) groups excluding carboxylic acids is 2. The minimum atomic E-state index is -0.325. The van der Waals surface area contributed by atoms with Crippen molar-refractivity contribution in [2.75, 3.05) is 11.9 Å². The normalized spacial score (nSPS) is 18.8. The predicted octanol–water partition coefficient (Wildman–Crippen LogP) is 1.29. The maximum Gasteiger partial charge on any atom is 0.232 e. The first-order valence-corrected chi connectivity index (χ1v) is 6.79. The molecular weight excluding hydrogens is 256 g/mol. The van der Waals surface area contributed by atoms with E-state index in [1.165, 1.54) is 0 Å². The lowest BCUT2D eigenvalue weighted by molar-refractivity contribution is -0.129. The molecule has 1 aliphatic heterocycles. The summed E-state index contributed by atoms with van der Waals surface area (Å²) in [5.41, 5.74) is 1.61. The van der Waals surface area contributed by atoms with Crippen LogP contribution < -0.4 is 5.32 Å². The molecule has 1 aliphatic rings. The van der Waals surface area contributed by atoms with E-state index in [0.29, 0.717) is 12.5 Å². The van der Waals surface area contributed by atoms with Gasteiger partial charge in [-0.25, -0.2) is 9.97 Å². The van der Waals surface area contributed by atoms with Crippen LogP contribution in [0.5, 0.6) is 0 Å². The third-order valence-electron chi connectivity index (χ3n) is 3.37. The van der Waals surface area contributed by atoms with Crippen LogP contribution in [0, 0.1) is 19.8 Å². The van der Waals surface area contributed by atoms with Crippen LogP contribution in [0.25, 0.3) is 0 Å². The van der Waals surface area contributed by atoms with E-state index in [9.17, 15) is 9.59 Å². The minimum Gasteiger partial charge on any atom is -0.339 e. The molecular formula is C14H20N4O2. The Hall–Kier alpha value is -1.98. The molecule has 108 valence electrons. The highest BCUT2D eigenvalue weighted by Crippen LogP contribution is 2.21. The number of hydrogen-bond donors (Lipinski definition) is 1. The quantitative estimate of drug-likeness (QED) is 0.902. The fraction of sp³-hybridized carbons (Fsp3) is 0.571. The number of likely N-dealkylation sites (tertiary alicyclic amines) is 1. The Morgan fingerprint density at radius 2 is 1.95 bits per heavy atom. The van der Waals surface area contributed by atoms with E-state index in [2.05, 4.69) is 15.3 Å². The Kier molecular flexibility index (Phi) is 4.01. The number of carbonyl (C=O) groups is 2. The Bertz CT molecular complexity index is 522. The first kappa shape index (κ1) is 14.4. The van der Waals surface area contributed by atoms with Crippen LogP contribution in [0.2, 0.25) is 0 Å². The van der Waals surface area contributed by atoms with Crippen LogP contribution in [0.4, 0.5) is 5.95 Å². The Morgan fingerprint density at radius 3 is 2.45 bits per heavy atom. The first-order valence-electron chi connectivity index (χ1n) is 6.79. The molecule has 1 aromatic rings. The molecule has 1 atom stereocenters. The number of anilines is 1. The lowest BCUT2D eigenvalue weighted by Gasteiger charge is -2.20. The van der Waals surface area contributed by atoms with Crippen molar-refractivity contribution in [1.29, 1.82) is 0 Å². The molecule has 0 unspecified atom stereocenters. The Balaban J connectivity index is 2.04. The number of hydrogen-bond acceptors (Lipinski definition) is 4. The molecule has 0 spiro atoms.